The molecule has 0 aliphatic rings. The first-order valence-electron chi connectivity index (χ1n) is 6.56. The molecule has 1 aromatic rings. The van der Waals surface area contributed by atoms with Gasteiger partial charge in [-0.25, -0.2) is 4.39 Å². The second-order valence-corrected chi connectivity index (χ2v) is 6.30. The van der Waals surface area contributed by atoms with Gasteiger partial charge in [-0.15, -0.1) is 0 Å². The van der Waals surface area contributed by atoms with Crippen molar-refractivity contribution >= 4 is 15.9 Å². The fourth-order valence-electron chi connectivity index (χ4n) is 2.53. The van der Waals surface area contributed by atoms with E-state index < -0.39 is 0 Å². The Morgan fingerprint density at radius 3 is 2.39 bits per heavy atom. The molecular formula is C15H23BrFN. The van der Waals surface area contributed by atoms with E-state index in [1.807, 2.05) is 13.1 Å². The van der Waals surface area contributed by atoms with Crippen molar-refractivity contribution in [3.63, 3.8) is 0 Å². The standard InChI is InChI=1S/C15H23BrFN/c1-10(2)8-11(3)9-14(18-4)15-12(16)6-5-7-13(15)17/h5-7,10-11,14,18H,8-9H2,1-4H3. The zero-order chi connectivity index (χ0) is 13.7. The molecular weight excluding hydrogens is 293 g/mol. The highest BCUT2D eigenvalue weighted by atomic mass is 79.9. The van der Waals surface area contributed by atoms with Crippen molar-refractivity contribution < 1.29 is 4.39 Å². The third-order valence-electron chi connectivity index (χ3n) is 3.21. The minimum absolute atomic E-state index is 0.0642. The van der Waals surface area contributed by atoms with Gasteiger partial charge in [0, 0.05) is 16.1 Å². The monoisotopic (exact) mass is 315 g/mol. The fourth-order valence-corrected chi connectivity index (χ4v) is 3.15. The fraction of sp³-hybridized carbons (Fsp3) is 0.600. The van der Waals surface area contributed by atoms with E-state index in [-0.39, 0.29) is 11.9 Å². The van der Waals surface area contributed by atoms with Crippen LogP contribution in [0.1, 0.15) is 45.2 Å². The van der Waals surface area contributed by atoms with E-state index in [1.54, 1.807) is 6.07 Å². The Morgan fingerprint density at radius 1 is 1.22 bits per heavy atom. The van der Waals surface area contributed by atoms with E-state index in [9.17, 15) is 4.39 Å². The predicted molar refractivity (Wildman–Crippen MR) is 79.1 cm³/mol. The van der Waals surface area contributed by atoms with Crippen LogP contribution in [0.3, 0.4) is 0 Å². The van der Waals surface area contributed by atoms with Crippen molar-refractivity contribution in [1.29, 1.82) is 0 Å². The van der Waals surface area contributed by atoms with E-state index in [0.717, 1.165) is 16.5 Å². The van der Waals surface area contributed by atoms with Gasteiger partial charge in [0.1, 0.15) is 5.82 Å². The van der Waals surface area contributed by atoms with Crippen LogP contribution in [-0.2, 0) is 0 Å². The molecule has 0 fully saturated rings. The zero-order valence-electron chi connectivity index (χ0n) is 11.6. The average molecular weight is 316 g/mol. The molecule has 0 heterocycles. The maximum Gasteiger partial charge on any atom is 0.129 e. The molecule has 0 aromatic heterocycles. The van der Waals surface area contributed by atoms with E-state index >= 15 is 0 Å². The van der Waals surface area contributed by atoms with E-state index in [1.165, 1.54) is 12.5 Å². The van der Waals surface area contributed by atoms with Gasteiger partial charge in [0.05, 0.1) is 0 Å². The predicted octanol–water partition coefficient (Wildman–Crippen LogP) is 4.92. The number of hydrogen-bond donors (Lipinski definition) is 1. The summed E-state index contributed by atoms with van der Waals surface area (Å²) in [4.78, 5) is 0. The Balaban J connectivity index is 2.83. The van der Waals surface area contributed by atoms with Gasteiger partial charge >= 0.3 is 0 Å². The summed E-state index contributed by atoms with van der Waals surface area (Å²) < 4.78 is 14.8. The minimum Gasteiger partial charge on any atom is -0.313 e. The van der Waals surface area contributed by atoms with Crippen LogP contribution in [0, 0.1) is 17.7 Å². The highest BCUT2D eigenvalue weighted by Gasteiger charge is 2.20. The first-order chi connectivity index (χ1) is 8.45. The largest absolute Gasteiger partial charge is 0.313 e. The number of benzene rings is 1. The summed E-state index contributed by atoms with van der Waals surface area (Å²) in [7, 11) is 1.89. The molecule has 0 bridgehead atoms. The lowest BCUT2D eigenvalue weighted by Crippen LogP contribution is -2.21. The summed E-state index contributed by atoms with van der Waals surface area (Å²) in [6.07, 6.45) is 2.12. The van der Waals surface area contributed by atoms with Crippen molar-refractivity contribution in [3.05, 3.63) is 34.1 Å². The maximum atomic E-state index is 13.9. The Morgan fingerprint density at radius 2 is 1.89 bits per heavy atom. The quantitative estimate of drug-likeness (QED) is 0.785. The third-order valence-corrected chi connectivity index (χ3v) is 3.90. The summed E-state index contributed by atoms with van der Waals surface area (Å²) in [6.45, 7) is 6.69. The Kier molecular flexibility index (Phi) is 6.30. The first kappa shape index (κ1) is 15.6. The summed E-state index contributed by atoms with van der Waals surface area (Å²) >= 11 is 3.45. The Bertz CT molecular complexity index is 359. The molecule has 0 amide bonds. The minimum atomic E-state index is -0.138. The lowest BCUT2D eigenvalue weighted by molar-refractivity contribution is 0.360. The highest BCUT2D eigenvalue weighted by molar-refractivity contribution is 9.10. The van der Waals surface area contributed by atoms with Crippen LogP contribution in [0.5, 0.6) is 0 Å². The molecule has 18 heavy (non-hydrogen) atoms. The van der Waals surface area contributed by atoms with Crippen molar-refractivity contribution in [2.45, 2.75) is 39.7 Å². The molecule has 0 aliphatic heterocycles. The summed E-state index contributed by atoms with van der Waals surface area (Å²) in [5.74, 6) is 1.12. The van der Waals surface area contributed by atoms with Crippen LogP contribution in [0.4, 0.5) is 4.39 Å². The molecule has 1 rings (SSSR count). The van der Waals surface area contributed by atoms with Gasteiger partial charge in [0.25, 0.3) is 0 Å². The summed E-state index contributed by atoms with van der Waals surface area (Å²) in [5, 5.41) is 3.23. The van der Waals surface area contributed by atoms with E-state index in [0.29, 0.717) is 11.8 Å². The average Bonchev–Trinajstić information content (AvgIpc) is 2.26. The second kappa shape index (κ2) is 7.25. The Hall–Kier alpha value is -0.410. The summed E-state index contributed by atoms with van der Waals surface area (Å²) in [6, 6.07) is 5.22. The third kappa shape index (κ3) is 4.36. The van der Waals surface area contributed by atoms with Gasteiger partial charge in [-0.05, 0) is 43.9 Å². The van der Waals surface area contributed by atoms with Crippen LogP contribution in [0.2, 0.25) is 0 Å². The van der Waals surface area contributed by atoms with Crippen LogP contribution in [0.15, 0.2) is 22.7 Å². The van der Waals surface area contributed by atoms with E-state index in [4.69, 9.17) is 0 Å². The Labute approximate surface area is 118 Å². The van der Waals surface area contributed by atoms with Gasteiger partial charge in [-0.1, -0.05) is 42.8 Å². The summed E-state index contributed by atoms with van der Waals surface area (Å²) in [5.41, 5.74) is 0.746. The smallest absolute Gasteiger partial charge is 0.129 e. The molecule has 2 atom stereocenters. The molecule has 0 saturated heterocycles. The highest BCUT2D eigenvalue weighted by Crippen LogP contribution is 2.31. The zero-order valence-corrected chi connectivity index (χ0v) is 13.2. The van der Waals surface area contributed by atoms with Crippen molar-refractivity contribution in [2.75, 3.05) is 7.05 Å². The number of halogens is 2. The van der Waals surface area contributed by atoms with Crippen LogP contribution in [-0.4, -0.2) is 7.05 Å². The molecule has 2 unspecified atom stereocenters. The van der Waals surface area contributed by atoms with Gasteiger partial charge < -0.3 is 5.32 Å². The number of hydrogen-bond acceptors (Lipinski definition) is 1. The van der Waals surface area contributed by atoms with Crippen LogP contribution in [0.25, 0.3) is 0 Å². The molecule has 0 spiro atoms. The maximum absolute atomic E-state index is 13.9. The lowest BCUT2D eigenvalue weighted by atomic mass is 9.90. The van der Waals surface area contributed by atoms with Crippen molar-refractivity contribution in [2.24, 2.45) is 11.8 Å². The van der Waals surface area contributed by atoms with Gasteiger partial charge in [0.2, 0.25) is 0 Å². The van der Waals surface area contributed by atoms with Gasteiger partial charge in [0.15, 0.2) is 0 Å². The van der Waals surface area contributed by atoms with Crippen molar-refractivity contribution in [1.82, 2.24) is 5.32 Å². The molecule has 1 aromatic carbocycles. The molecule has 0 saturated carbocycles. The number of rotatable bonds is 6. The molecule has 1 nitrogen and oxygen atoms in total. The topological polar surface area (TPSA) is 12.0 Å². The molecule has 1 N–H and O–H groups in total. The lowest BCUT2D eigenvalue weighted by Gasteiger charge is -2.23. The van der Waals surface area contributed by atoms with Gasteiger partial charge in [-0.2, -0.15) is 0 Å². The van der Waals surface area contributed by atoms with Crippen LogP contribution >= 0.6 is 15.9 Å². The normalized spacial score (nSPS) is 14.8. The second-order valence-electron chi connectivity index (χ2n) is 5.45. The molecule has 3 heteroatoms. The van der Waals surface area contributed by atoms with Crippen molar-refractivity contribution in [3.8, 4) is 0 Å². The van der Waals surface area contributed by atoms with E-state index in [2.05, 4.69) is 42.0 Å². The van der Waals surface area contributed by atoms with Gasteiger partial charge in [-0.3, -0.25) is 0 Å². The number of nitrogens with one attached hydrogen (secondary N) is 1. The van der Waals surface area contributed by atoms with Crippen LogP contribution < -0.4 is 5.32 Å². The molecule has 102 valence electrons. The molecule has 0 aliphatic carbocycles. The molecule has 0 radical (unpaired) electrons. The first-order valence-corrected chi connectivity index (χ1v) is 7.36. The SMILES string of the molecule is CNC(CC(C)CC(C)C)c1c(F)cccc1Br.